The van der Waals surface area contributed by atoms with E-state index in [0.717, 1.165) is 19.0 Å². The Morgan fingerprint density at radius 1 is 1.50 bits per heavy atom. The first kappa shape index (κ1) is 12.0. The van der Waals surface area contributed by atoms with Crippen molar-refractivity contribution in [1.82, 2.24) is 5.32 Å². The van der Waals surface area contributed by atoms with Crippen molar-refractivity contribution in [3.63, 3.8) is 0 Å². The lowest BCUT2D eigenvalue weighted by Crippen LogP contribution is -2.31. The van der Waals surface area contributed by atoms with E-state index >= 15 is 0 Å². The molecule has 1 saturated heterocycles. The van der Waals surface area contributed by atoms with Crippen molar-refractivity contribution in [2.75, 3.05) is 13.1 Å². The summed E-state index contributed by atoms with van der Waals surface area (Å²) < 4.78 is 5.90. The van der Waals surface area contributed by atoms with E-state index in [2.05, 4.69) is 33.0 Å². The zero-order valence-corrected chi connectivity index (χ0v) is 10.1. The summed E-state index contributed by atoms with van der Waals surface area (Å²) in [7, 11) is 0. The van der Waals surface area contributed by atoms with E-state index < -0.39 is 0 Å². The topological polar surface area (TPSA) is 21.3 Å². The maximum Gasteiger partial charge on any atom is 0.0707 e. The minimum atomic E-state index is 0.114. The lowest BCUT2D eigenvalue weighted by atomic mass is 10.1. The van der Waals surface area contributed by atoms with Gasteiger partial charge >= 0.3 is 0 Å². The van der Waals surface area contributed by atoms with Gasteiger partial charge in [-0.15, -0.1) is 0 Å². The Morgan fingerprint density at radius 2 is 2.21 bits per heavy atom. The first-order valence-electron chi connectivity index (χ1n) is 5.92. The zero-order valence-electron chi connectivity index (χ0n) is 10.1. The second kappa shape index (κ2) is 5.13. The van der Waals surface area contributed by atoms with Crippen molar-refractivity contribution < 1.29 is 4.74 Å². The summed E-state index contributed by atoms with van der Waals surface area (Å²) in [4.78, 5) is 0. The summed E-state index contributed by atoms with van der Waals surface area (Å²) in [6, 6.07) is 0. The molecule has 0 spiro atoms. The number of nitrogens with one attached hydrogen (secondary N) is 1. The van der Waals surface area contributed by atoms with E-state index in [-0.39, 0.29) is 5.60 Å². The molecule has 1 aliphatic rings. The third kappa shape index (κ3) is 3.97. The summed E-state index contributed by atoms with van der Waals surface area (Å²) in [6.07, 6.45) is 4.10. The highest BCUT2D eigenvalue weighted by Crippen LogP contribution is 2.28. The molecule has 0 saturated carbocycles. The van der Waals surface area contributed by atoms with Crippen LogP contribution in [-0.2, 0) is 4.74 Å². The fourth-order valence-corrected chi connectivity index (χ4v) is 1.86. The fraction of sp³-hybridized carbons (Fsp3) is 1.00. The molecule has 2 unspecified atom stereocenters. The monoisotopic (exact) mass is 199 g/mol. The van der Waals surface area contributed by atoms with Crippen molar-refractivity contribution >= 4 is 0 Å². The average molecular weight is 199 g/mol. The Kier molecular flexibility index (Phi) is 4.39. The molecular formula is C12H25NO. The second-order valence-corrected chi connectivity index (χ2v) is 5.21. The Bertz CT molecular complexity index is 168. The maximum absolute atomic E-state index is 5.90. The van der Waals surface area contributed by atoms with Crippen molar-refractivity contribution in [3.8, 4) is 0 Å². The zero-order chi connectivity index (χ0) is 10.6. The van der Waals surface area contributed by atoms with Gasteiger partial charge in [-0.25, -0.2) is 0 Å². The van der Waals surface area contributed by atoms with Crippen LogP contribution in [0.5, 0.6) is 0 Å². The Morgan fingerprint density at radius 3 is 2.71 bits per heavy atom. The number of hydrogen-bond acceptors (Lipinski definition) is 2. The first-order chi connectivity index (χ1) is 6.53. The summed E-state index contributed by atoms with van der Waals surface area (Å²) in [6.45, 7) is 11.0. The molecule has 1 heterocycles. The molecule has 0 aromatic heterocycles. The van der Waals surface area contributed by atoms with Gasteiger partial charge in [-0.1, -0.05) is 20.3 Å². The van der Waals surface area contributed by atoms with Gasteiger partial charge in [0.15, 0.2) is 0 Å². The van der Waals surface area contributed by atoms with Crippen LogP contribution in [0.15, 0.2) is 0 Å². The molecule has 14 heavy (non-hydrogen) atoms. The minimum Gasteiger partial charge on any atom is -0.371 e. The van der Waals surface area contributed by atoms with Gasteiger partial charge in [0.25, 0.3) is 0 Å². The Labute approximate surface area is 88.4 Å². The average Bonchev–Trinajstić information content (AvgIpc) is 2.45. The van der Waals surface area contributed by atoms with E-state index in [9.17, 15) is 0 Å². The molecular weight excluding hydrogens is 174 g/mol. The summed E-state index contributed by atoms with van der Waals surface area (Å²) >= 11 is 0. The number of ether oxygens (including phenoxy) is 1. The maximum atomic E-state index is 5.90. The molecule has 2 heteroatoms. The van der Waals surface area contributed by atoms with Crippen LogP contribution < -0.4 is 5.32 Å². The normalized spacial score (nSPS) is 27.9. The molecule has 0 aromatic carbocycles. The van der Waals surface area contributed by atoms with Crippen LogP contribution in [0.2, 0.25) is 0 Å². The van der Waals surface area contributed by atoms with Crippen LogP contribution in [0.3, 0.4) is 0 Å². The fourth-order valence-electron chi connectivity index (χ4n) is 1.86. The summed E-state index contributed by atoms with van der Waals surface area (Å²) in [5.74, 6) is 0.782. The van der Waals surface area contributed by atoms with Crippen molar-refractivity contribution in [1.29, 1.82) is 0 Å². The highest BCUT2D eigenvalue weighted by Gasteiger charge is 2.31. The molecule has 2 nitrogen and oxygen atoms in total. The summed E-state index contributed by atoms with van der Waals surface area (Å²) in [5.41, 5.74) is 0.114. The van der Waals surface area contributed by atoms with Gasteiger partial charge in [0, 0.05) is 6.54 Å². The number of rotatable bonds is 5. The Balaban J connectivity index is 2.09. The molecule has 2 atom stereocenters. The third-order valence-corrected chi connectivity index (χ3v) is 3.12. The lowest BCUT2D eigenvalue weighted by molar-refractivity contribution is -0.0143. The highest BCUT2D eigenvalue weighted by atomic mass is 16.5. The van der Waals surface area contributed by atoms with Crippen LogP contribution in [0.1, 0.15) is 47.0 Å². The van der Waals surface area contributed by atoms with Gasteiger partial charge < -0.3 is 10.1 Å². The van der Waals surface area contributed by atoms with Crippen molar-refractivity contribution in [3.05, 3.63) is 0 Å². The Hall–Kier alpha value is -0.0800. The smallest absolute Gasteiger partial charge is 0.0707 e. The molecule has 1 fully saturated rings. The second-order valence-electron chi connectivity index (χ2n) is 5.21. The van der Waals surface area contributed by atoms with Crippen LogP contribution in [0.25, 0.3) is 0 Å². The molecule has 1 aliphatic heterocycles. The van der Waals surface area contributed by atoms with Crippen LogP contribution in [0, 0.1) is 5.92 Å². The predicted molar refractivity (Wildman–Crippen MR) is 60.5 cm³/mol. The van der Waals surface area contributed by atoms with E-state index in [1.165, 1.54) is 19.3 Å². The predicted octanol–water partition coefficient (Wildman–Crippen LogP) is 2.58. The third-order valence-electron chi connectivity index (χ3n) is 3.12. The lowest BCUT2D eigenvalue weighted by Gasteiger charge is -2.20. The molecule has 0 bridgehead atoms. The van der Waals surface area contributed by atoms with Gasteiger partial charge in [-0.3, -0.25) is 0 Å². The standard InChI is InChI=1S/C12H25NO/c1-5-10(2)8-13-9-11-6-7-12(3,4)14-11/h10-11,13H,5-9H2,1-4H3. The van der Waals surface area contributed by atoms with E-state index in [1.807, 2.05) is 0 Å². The molecule has 84 valence electrons. The first-order valence-corrected chi connectivity index (χ1v) is 5.92. The van der Waals surface area contributed by atoms with Gasteiger partial charge in [0.2, 0.25) is 0 Å². The van der Waals surface area contributed by atoms with Crippen LogP contribution in [-0.4, -0.2) is 24.8 Å². The largest absolute Gasteiger partial charge is 0.371 e. The summed E-state index contributed by atoms with van der Waals surface area (Å²) in [5, 5.41) is 3.49. The van der Waals surface area contributed by atoms with E-state index in [0.29, 0.717) is 6.10 Å². The quantitative estimate of drug-likeness (QED) is 0.735. The van der Waals surface area contributed by atoms with Crippen LogP contribution >= 0.6 is 0 Å². The van der Waals surface area contributed by atoms with Gasteiger partial charge in [0.1, 0.15) is 0 Å². The van der Waals surface area contributed by atoms with Crippen molar-refractivity contribution in [2.45, 2.75) is 58.7 Å². The van der Waals surface area contributed by atoms with Crippen molar-refractivity contribution in [2.24, 2.45) is 5.92 Å². The van der Waals surface area contributed by atoms with Crippen LogP contribution in [0.4, 0.5) is 0 Å². The van der Waals surface area contributed by atoms with E-state index in [4.69, 9.17) is 4.74 Å². The molecule has 0 radical (unpaired) electrons. The molecule has 1 N–H and O–H groups in total. The molecule has 0 amide bonds. The van der Waals surface area contributed by atoms with Gasteiger partial charge in [-0.05, 0) is 39.2 Å². The minimum absolute atomic E-state index is 0.114. The molecule has 0 aromatic rings. The highest BCUT2D eigenvalue weighted by molar-refractivity contribution is 4.81. The van der Waals surface area contributed by atoms with Gasteiger partial charge in [0.05, 0.1) is 11.7 Å². The van der Waals surface area contributed by atoms with E-state index in [1.54, 1.807) is 0 Å². The van der Waals surface area contributed by atoms with Gasteiger partial charge in [-0.2, -0.15) is 0 Å². The SMILES string of the molecule is CCC(C)CNCC1CCC(C)(C)O1. The number of hydrogen-bond donors (Lipinski definition) is 1. The molecule has 0 aliphatic carbocycles. The molecule has 1 rings (SSSR count).